The van der Waals surface area contributed by atoms with Gasteiger partial charge in [0, 0.05) is 31.6 Å². The second-order valence-corrected chi connectivity index (χ2v) is 5.35. The Labute approximate surface area is 105 Å². The normalized spacial score (nSPS) is 29.1. The van der Waals surface area contributed by atoms with Crippen LogP contribution in [0.25, 0.3) is 0 Å². The number of benzene rings is 1. The second-order valence-electron chi connectivity index (χ2n) is 5.35. The Kier molecular flexibility index (Phi) is 2.51. The van der Waals surface area contributed by atoms with Gasteiger partial charge >= 0.3 is 0 Å². The smallest absolute Gasteiger partial charge is 0.248 e. The average Bonchev–Trinajstić information content (AvgIpc) is 2.82. The Bertz CT molecular complexity index is 474. The largest absolute Gasteiger partial charge is 0.371 e. The first-order valence-electron chi connectivity index (χ1n) is 6.20. The molecule has 1 saturated carbocycles. The standard InChI is InChI=1S/C14H14F2N2/c15-14(16)5-11-8-18(9-12(11)6-14)13-3-1-10(7-17)2-4-13/h1-4,11-12H,5-6,8-9H2. The summed E-state index contributed by atoms with van der Waals surface area (Å²) in [6, 6.07) is 9.43. The highest BCUT2D eigenvalue weighted by Crippen LogP contribution is 2.47. The van der Waals surface area contributed by atoms with Gasteiger partial charge < -0.3 is 4.90 Å². The second kappa shape index (κ2) is 3.94. The third kappa shape index (κ3) is 1.94. The van der Waals surface area contributed by atoms with Gasteiger partial charge in [0.2, 0.25) is 5.92 Å². The van der Waals surface area contributed by atoms with Crippen LogP contribution in [-0.2, 0) is 0 Å². The third-order valence-corrected chi connectivity index (χ3v) is 4.06. The van der Waals surface area contributed by atoms with Gasteiger partial charge in [-0.2, -0.15) is 5.26 Å². The van der Waals surface area contributed by atoms with Crippen LogP contribution in [0.2, 0.25) is 0 Å². The molecule has 1 aromatic rings. The van der Waals surface area contributed by atoms with Crippen molar-refractivity contribution in [2.45, 2.75) is 18.8 Å². The third-order valence-electron chi connectivity index (χ3n) is 4.06. The predicted octanol–water partition coefficient (Wildman–Crippen LogP) is 3.04. The Morgan fingerprint density at radius 1 is 1.11 bits per heavy atom. The summed E-state index contributed by atoms with van der Waals surface area (Å²) in [5, 5.41) is 8.74. The molecule has 1 heterocycles. The Morgan fingerprint density at radius 3 is 2.17 bits per heavy atom. The van der Waals surface area contributed by atoms with Crippen molar-refractivity contribution in [2.75, 3.05) is 18.0 Å². The molecule has 3 rings (SSSR count). The van der Waals surface area contributed by atoms with Crippen molar-refractivity contribution < 1.29 is 8.78 Å². The van der Waals surface area contributed by atoms with Crippen LogP contribution < -0.4 is 4.90 Å². The van der Waals surface area contributed by atoms with Crippen LogP contribution in [0.4, 0.5) is 14.5 Å². The maximum Gasteiger partial charge on any atom is 0.248 e. The van der Waals surface area contributed by atoms with E-state index in [2.05, 4.69) is 11.0 Å². The first-order valence-corrected chi connectivity index (χ1v) is 6.20. The molecule has 0 radical (unpaired) electrons. The molecule has 2 atom stereocenters. The minimum absolute atomic E-state index is 0.0322. The fourth-order valence-electron chi connectivity index (χ4n) is 3.21. The number of halogens is 2. The van der Waals surface area contributed by atoms with Crippen LogP contribution >= 0.6 is 0 Å². The summed E-state index contributed by atoms with van der Waals surface area (Å²) in [6.45, 7) is 1.43. The molecule has 2 fully saturated rings. The maximum absolute atomic E-state index is 13.2. The van der Waals surface area contributed by atoms with Gasteiger partial charge in [-0.25, -0.2) is 8.78 Å². The number of nitriles is 1. The van der Waals surface area contributed by atoms with E-state index in [-0.39, 0.29) is 24.7 Å². The van der Waals surface area contributed by atoms with Gasteiger partial charge in [0.15, 0.2) is 0 Å². The van der Waals surface area contributed by atoms with Crippen molar-refractivity contribution in [2.24, 2.45) is 11.8 Å². The summed E-state index contributed by atoms with van der Waals surface area (Å²) >= 11 is 0. The van der Waals surface area contributed by atoms with Gasteiger partial charge in [-0.1, -0.05) is 0 Å². The van der Waals surface area contributed by atoms with E-state index in [1.807, 2.05) is 12.1 Å². The maximum atomic E-state index is 13.2. The van der Waals surface area contributed by atoms with E-state index >= 15 is 0 Å². The van der Waals surface area contributed by atoms with Crippen LogP contribution in [0.3, 0.4) is 0 Å². The highest BCUT2D eigenvalue weighted by Gasteiger charge is 2.50. The molecule has 1 aliphatic carbocycles. The first-order chi connectivity index (χ1) is 8.57. The molecular formula is C14H14F2N2. The molecule has 0 amide bonds. The molecule has 1 aliphatic heterocycles. The van der Waals surface area contributed by atoms with Gasteiger partial charge in [0.25, 0.3) is 0 Å². The highest BCUT2D eigenvalue weighted by atomic mass is 19.3. The summed E-state index contributed by atoms with van der Waals surface area (Å²) < 4.78 is 26.5. The van der Waals surface area contributed by atoms with Crippen molar-refractivity contribution in [3.63, 3.8) is 0 Å². The molecule has 18 heavy (non-hydrogen) atoms. The first kappa shape index (κ1) is 11.5. The molecule has 1 aromatic carbocycles. The lowest BCUT2D eigenvalue weighted by molar-refractivity contribution is 0.00174. The number of fused-ring (bicyclic) bond motifs is 1. The van der Waals surface area contributed by atoms with Crippen molar-refractivity contribution in [3.8, 4) is 6.07 Å². The van der Waals surface area contributed by atoms with E-state index in [0.717, 1.165) is 5.69 Å². The van der Waals surface area contributed by atoms with Crippen LogP contribution in [0.1, 0.15) is 18.4 Å². The number of hydrogen-bond donors (Lipinski definition) is 0. The quantitative estimate of drug-likeness (QED) is 0.763. The van der Waals surface area contributed by atoms with Crippen LogP contribution in [0, 0.1) is 23.2 Å². The summed E-state index contributed by atoms with van der Waals surface area (Å²) in [4.78, 5) is 2.16. The van der Waals surface area contributed by atoms with Crippen LogP contribution in [0.15, 0.2) is 24.3 Å². The Balaban J connectivity index is 1.72. The molecule has 0 N–H and O–H groups in total. The summed E-state index contributed by atoms with van der Waals surface area (Å²) in [6.07, 6.45) is 0.0644. The number of alkyl halides is 2. The average molecular weight is 248 g/mol. The highest BCUT2D eigenvalue weighted by molar-refractivity contribution is 5.50. The van der Waals surface area contributed by atoms with Gasteiger partial charge in [0.05, 0.1) is 11.6 Å². The zero-order chi connectivity index (χ0) is 12.8. The summed E-state index contributed by atoms with van der Waals surface area (Å²) in [7, 11) is 0. The van der Waals surface area contributed by atoms with Crippen molar-refractivity contribution in [3.05, 3.63) is 29.8 Å². The number of anilines is 1. The van der Waals surface area contributed by atoms with Crippen LogP contribution in [-0.4, -0.2) is 19.0 Å². The zero-order valence-electron chi connectivity index (χ0n) is 9.94. The topological polar surface area (TPSA) is 27.0 Å². The fourth-order valence-corrected chi connectivity index (χ4v) is 3.21. The van der Waals surface area contributed by atoms with E-state index in [1.54, 1.807) is 12.1 Å². The Morgan fingerprint density at radius 2 is 1.67 bits per heavy atom. The zero-order valence-corrected chi connectivity index (χ0v) is 9.94. The van der Waals surface area contributed by atoms with Gasteiger partial charge in [-0.15, -0.1) is 0 Å². The monoisotopic (exact) mass is 248 g/mol. The van der Waals surface area contributed by atoms with Crippen molar-refractivity contribution in [1.29, 1.82) is 5.26 Å². The minimum atomic E-state index is -2.45. The minimum Gasteiger partial charge on any atom is -0.371 e. The van der Waals surface area contributed by atoms with Gasteiger partial charge in [0.1, 0.15) is 0 Å². The molecular weight excluding hydrogens is 234 g/mol. The predicted molar refractivity (Wildman–Crippen MR) is 64.5 cm³/mol. The number of nitrogens with zero attached hydrogens (tertiary/aromatic N) is 2. The van der Waals surface area contributed by atoms with Crippen LogP contribution in [0.5, 0.6) is 0 Å². The van der Waals surface area contributed by atoms with E-state index in [1.165, 1.54) is 0 Å². The lowest BCUT2D eigenvalue weighted by Crippen LogP contribution is -2.24. The number of hydrogen-bond acceptors (Lipinski definition) is 2. The van der Waals surface area contributed by atoms with E-state index in [0.29, 0.717) is 18.7 Å². The molecule has 1 saturated heterocycles. The van der Waals surface area contributed by atoms with E-state index < -0.39 is 5.92 Å². The summed E-state index contributed by atoms with van der Waals surface area (Å²) in [5.41, 5.74) is 1.66. The van der Waals surface area contributed by atoms with E-state index in [4.69, 9.17) is 5.26 Å². The molecule has 94 valence electrons. The van der Waals surface area contributed by atoms with Crippen molar-refractivity contribution in [1.82, 2.24) is 0 Å². The SMILES string of the molecule is N#Cc1ccc(N2CC3CC(F)(F)CC3C2)cc1. The lowest BCUT2D eigenvalue weighted by Gasteiger charge is -2.21. The fraction of sp³-hybridized carbons (Fsp3) is 0.500. The van der Waals surface area contributed by atoms with Gasteiger partial charge in [-0.05, 0) is 36.1 Å². The van der Waals surface area contributed by atoms with Crippen molar-refractivity contribution >= 4 is 5.69 Å². The molecule has 4 heteroatoms. The van der Waals surface area contributed by atoms with E-state index in [9.17, 15) is 8.78 Å². The van der Waals surface area contributed by atoms with Gasteiger partial charge in [-0.3, -0.25) is 0 Å². The molecule has 2 unspecified atom stereocenters. The molecule has 0 aromatic heterocycles. The molecule has 0 spiro atoms. The summed E-state index contributed by atoms with van der Waals surface area (Å²) in [5.74, 6) is -2.21. The molecule has 0 bridgehead atoms. The lowest BCUT2D eigenvalue weighted by atomic mass is 10.0. The number of rotatable bonds is 1. The molecule has 2 aliphatic rings. The Hall–Kier alpha value is -1.63. The molecule has 2 nitrogen and oxygen atoms in total.